The van der Waals surface area contributed by atoms with Crippen LogP contribution in [-0.2, 0) is 11.3 Å². The molecule has 0 aromatic carbocycles. The van der Waals surface area contributed by atoms with Crippen LogP contribution in [0.2, 0.25) is 0 Å². The average Bonchev–Trinajstić information content (AvgIpc) is 2.71. The van der Waals surface area contributed by atoms with Gasteiger partial charge in [-0.15, -0.1) is 11.3 Å². The van der Waals surface area contributed by atoms with Gasteiger partial charge in [0, 0.05) is 27.4 Å². The molecular weight excluding hydrogens is 328 g/mol. The summed E-state index contributed by atoms with van der Waals surface area (Å²) >= 11 is 5.03. The second-order valence-electron chi connectivity index (χ2n) is 5.36. The van der Waals surface area contributed by atoms with Crippen molar-refractivity contribution in [3.05, 3.63) is 20.8 Å². The Kier molecular flexibility index (Phi) is 4.86. The second-order valence-corrected chi connectivity index (χ2v) is 7.27. The molecule has 1 aliphatic rings. The minimum absolute atomic E-state index is 0.104. The van der Waals surface area contributed by atoms with Crippen LogP contribution in [0.5, 0.6) is 0 Å². The number of nitrogens with one attached hydrogen (secondary N) is 2. The molecule has 0 spiro atoms. The van der Waals surface area contributed by atoms with E-state index in [1.165, 1.54) is 0 Å². The van der Waals surface area contributed by atoms with E-state index < -0.39 is 0 Å². The predicted octanol–water partition coefficient (Wildman–Crippen LogP) is 3.27. The van der Waals surface area contributed by atoms with Crippen molar-refractivity contribution < 1.29 is 9.53 Å². The second kappa shape index (κ2) is 6.24. The fourth-order valence-corrected chi connectivity index (χ4v) is 3.60. The maximum atomic E-state index is 11.8. The fourth-order valence-electron chi connectivity index (χ4n) is 2.21. The molecule has 2 heterocycles. The highest BCUT2D eigenvalue weighted by atomic mass is 79.9. The van der Waals surface area contributed by atoms with Gasteiger partial charge in [-0.2, -0.15) is 0 Å². The zero-order valence-electron chi connectivity index (χ0n) is 11.2. The summed E-state index contributed by atoms with van der Waals surface area (Å²) in [7, 11) is 0. The van der Waals surface area contributed by atoms with Gasteiger partial charge < -0.3 is 15.4 Å². The first-order chi connectivity index (χ1) is 8.94. The molecule has 0 bridgehead atoms. The number of carbonyl (C=O) groups excluding carboxylic acids is 1. The van der Waals surface area contributed by atoms with Gasteiger partial charge in [0.15, 0.2) is 0 Å². The van der Waals surface area contributed by atoms with Gasteiger partial charge in [-0.1, -0.05) is 0 Å². The highest BCUT2D eigenvalue weighted by molar-refractivity contribution is 9.10. The number of carbonyl (C=O) groups is 1. The molecule has 0 radical (unpaired) electrons. The molecule has 1 aromatic heterocycles. The number of hydrogen-bond acceptors (Lipinski definition) is 3. The van der Waals surface area contributed by atoms with Crippen molar-refractivity contribution >= 4 is 33.3 Å². The molecule has 2 rings (SSSR count). The molecule has 1 aromatic rings. The molecule has 2 N–H and O–H groups in total. The molecule has 4 nitrogen and oxygen atoms in total. The smallest absolute Gasteiger partial charge is 0.315 e. The largest absolute Gasteiger partial charge is 0.375 e. The first kappa shape index (κ1) is 14.8. The molecule has 19 heavy (non-hydrogen) atoms. The number of ether oxygens (including phenoxy) is 1. The number of urea groups is 1. The fraction of sp³-hybridized carbons (Fsp3) is 0.615. The van der Waals surface area contributed by atoms with E-state index >= 15 is 0 Å². The van der Waals surface area contributed by atoms with E-state index in [-0.39, 0.29) is 17.7 Å². The van der Waals surface area contributed by atoms with Gasteiger partial charge >= 0.3 is 6.03 Å². The Morgan fingerprint density at radius 2 is 2.42 bits per heavy atom. The van der Waals surface area contributed by atoms with Crippen LogP contribution in [0, 0.1) is 0 Å². The third kappa shape index (κ3) is 4.78. The zero-order chi connectivity index (χ0) is 13.9. The van der Waals surface area contributed by atoms with E-state index in [2.05, 4.69) is 40.4 Å². The van der Waals surface area contributed by atoms with E-state index in [4.69, 9.17) is 4.74 Å². The van der Waals surface area contributed by atoms with E-state index in [0.717, 1.165) is 22.2 Å². The van der Waals surface area contributed by atoms with Crippen LogP contribution in [0.25, 0.3) is 0 Å². The van der Waals surface area contributed by atoms with Gasteiger partial charge in [-0.3, -0.25) is 0 Å². The lowest BCUT2D eigenvalue weighted by Gasteiger charge is -2.35. The average molecular weight is 347 g/mol. The van der Waals surface area contributed by atoms with Crippen molar-refractivity contribution in [3.63, 3.8) is 0 Å². The Bertz CT molecular complexity index is 448. The van der Waals surface area contributed by atoms with Gasteiger partial charge in [0.2, 0.25) is 0 Å². The minimum Gasteiger partial charge on any atom is -0.375 e. The lowest BCUT2D eigenvalue weighted by Crippen LogP contribution is -2.48. The summed E-state index contributed by atoms with van der Waals surface area (Å²) in [5, 5.41) is 7.91. The molecule has 1 aliphatic heterocycles. The maximum Gasteiger partial charge on any atom is 0.315 e. The number of thiophene rings is 1. The number of amides is 2. The van der Waals surface area contributed by atoms with Crippen molar-refractivity contribution in [2.24, 2.45) is 0 Å². The van der Waals surface area contributed by atoms with Crippen LogP contribution in [0.3, 0.4) is 0 Å². The topological polar surface area (TPSA) is 50.4 Å². The monoisotopic (exact) mass is 346 g/mol. The first-order valence-electron chi connectivity index (χ1n) is 6.36. The highest BCUT2D eigenvalue weighted by Crippen LogP contribution is 2.24. The molecule has 1 saturated heterocycles. The summed E-state index contributed by atoms with van der Waals surface area (Å²) in [5.74, 6) is 0. The van der Waals surface area contributed by atoms with Crippen LogP contribution in [-0.4, -0.2) is 24.3 Å². The van der Waals surface area contributed by atoms with Gasteiger partial charge in [-0.05, 0) is 48.7 Å². The summed E-state index contributed by atoms with van der Waals surface area (Å²) < 4.78 is 6.69. The van der Waals surface area contributed by atoms with Gasteiger partial charge in [0.05, 0.1) is 12.1 Å². The number of halogens is 1. The molecular formula is C13H19BrN2O2S. The van der Waals surface area contributed by atoms with Crippen molar-refractivity contribution in [2.45, 2.75) is 44.9 Å². The molecule has 1 unspecified atom stereocenters. The van der Waals surface area contributed by atoms with Crippen LogP contribution in [0.15, 0.2) is 15.9 Å². The van der Waals surface area contributed by atoms with Crippen LogP contribution < -0.4 is 10.6 Å². The zero-order valence-corrected chi connectivity index (χ0v) is 13.6. The molecule has 1 fully saturated rings. The normalized spacial score (nSPS) is 21.9. The predicted molar refractivity (Wildman–Crippen MR) is 80.4 cm³/mol. The third-order valence-corrected chi connectivity index (χ3v) is 4.77. The summed E-state index contributed by atoms with van der Waals surface area (Å²) in [6.45, 7) is 5.38. The van der Waals surface area contributed by atoms with Crippen LogP contribution in [0.1, 0.15) is 31.6 Å². The molecule has 106 valence electrons. The molecule has 0 saturated carbocycles. The van der Waals surface area contributed by atoms with Crippen molar-refractivity contribution in [3.8, 4) is 0 Å². The van der Waals surface area contributed by atoms with Crippen molar-refractivity contribution in [2.75, 3.05) is 6.61 Å². The van der Waals surface area contributed by atoms with Crippen LogP contribution in [0.4, 0.5) is 4.79 Å². The number of rotatable bonds is 3. The maximum absolute atomic E-state index is 11.8. The van der Waals surface area contributed by atoms with Gasteiger partial charge in [0.25, 0.3) is 0 Å². The molecule has 6 heteroatoms. The Morgan fingerprint density at radius 1 is 1.63 bits per heavy atom. The lowest BCUT2D eigenvalue weighted by molar-refractivity contribution is -0.0611. The summed E-state index contributed by atoms with van der Waals surface area (Å²) in [6, 6.07) is 2.11. The van der Waals surface area contributed by atoms with Crippen molar-refractivity contribution in [1.82, 2.24) is 10.6 Å². The first-order valence-corrected chi connectivity index (χ1v) is 8.03. The third-order valence-electron chi connectivity index (χ3n) is 3.08. The summed E-state index contributed by atoms with van der Waals surface area (Å²) in [6.07, 6.45) is 1.73. The molecule has 1 atom stereocenters. The van der Waals surface area contributed by atoms with E-state index in [1.54, 1.807) is 11.3 Å². The van der Waals surface area contributed by atoms with Gasteiger partial charge in [0.1, 0.15) is 0 Å². The summed E-state index contributed by atoms with van der Waals surface area (Å²) in [5.41, 5.74) is -0.144. The standard InChI is InChI=1S/C13H19BrN2O2S/c1-13(2)6-10(3-4-18-13)16-12(17)15-7-11-5-9(14)8-19-11/h5,8,10H,3-4,6-7H2,1-2H3,(H2,15,16,17). The van der Waals surface area contributed by atoms with Crippen LogP contribution >= 0.6 is 27.3 Å². The summed E-state index contributed by atoms with van der Waals surface area (Å²) in [4.78, 5) is 13.0. The quantitative estimate of drug-likeness (QED) is 0.882. The van der Waals surface area contributed by atoms with E-state index in [9.17, 15) is 4.79 Å². The highest BCUT2D eigenvalue weighted by Gasteiger charge is 2.29. The Labute approximate surface area is 126 Å². The molecule has 0 aliphatic carbocycles. The Hall–Kier alpha value is -0.590. The van der Waals surface area contributed by atoms with Gasteiger partial charge in [-0.25, -0.2) is 4.79 Å². The lowest BCUT2D eigenvalue weighted by atomic mass is 9.94. The number of hydrogen-bond donors (Lipinski definition) is 2. The Balaban J connectivity index is 1.75. The SMILES string of the molecule is CC1(C)CC(NC(=O)NCc2cc(Br)cs2)CCO1. The molecule has 2 amide bonds. The van der Waals surface area contributed by atoms with Crippen molar-refractivity contribution in [1.29, 1.82) is 0 Å². The van der Waals surface area contributed by atoms with E-state index in [1.807, 2.05) is 11.4 Å². The Morgan fingerprint density at radius 3 is 3.05 bits per heavy atom. The minimum atomic E-state index is -0.144. The van der Waals surface area contributed by atoms with E-state index in [0.29, 0.717) is 13.2 Å².